The third-order valence-electron chi connectivity index (χ3n) is 9.23. The predicted molar refractivity (Wildman–Crippen MR) is 216 cm³/mol. The van der Waals surface area contributed by atoms with E-state index in [-0.39, 0.29) is 20.1 Å². The Hall–Kier alpha value is -4.41. The van der Waals surface area contributed by atoms with Gasteiger partial charge in [0.05, 0.1) is 0 Å². The third kappa shape index (κ3) is 8.07. The van der Waals surface area contributed by atoms with Crippen molar-refractivity contribution in [3.63, 3.8) is 0 Å². The molecule has 0 bridgehead atoms. The molecule has 0 aliphatic rings. The van der Waals surface area contributed by atoms with Crippen LogP contribution in [0.15, 0.2) is 146 Å². The van der Waals surface area contributed by atoms with Crippen molar-refractivity contribution in [3.8, 4) is 33.6 Å². The molecule has 2 aromatic heterocycles. The quantitative estimate of drug-likeness (QED) is 0.0944. The molecule has 0 saturated heterocycles. The van der Waals surface area contributed by atoms with Crippen LogP contribution in [0.3, 0.4) is 0 Å². The molecular weight excluding hydrogens is 857 g/mol. The van der Waals surface area contributed by atoms with Gasteiger partial charge in [-0.05, 0) is 11.8 Å². The van der Waals surface area contributed by atoms with Crippen molar-refractivity contribution >= 4 is 50.0 Å². The molecule has 0 amide bonds. The summed E-state index contributed by atoms with van der Waals surface area (Å²) in [5.41, 5.74) is 8.07. The molecule has 0 unspecified atom stereocenters. The molecule has 0 N–H and O–H groups in total. The Labute approximate surface area is 318 Å². The Balaban J connectivity index is 0.000000291. The first-order valence-electron chi connectivity index (χ1n) is 17.5. The molecule has 2 nitrogen and oxygen atoms in total. The van der Waals surface area contributed by atoms with Crippen molar-refractivity contribution in [1.29, 1.82) is 0 Å². The number of nitrogens with zero attached hydrogens (tertiary/aromatic N) is 2. The van der Waals surface area contributed by atoms with Crippen molar-refractivity contribution in [2.24, 2.45) is 5.92 Å². The molecule has 0 atom stereocenters. The first kappa shape index (κ1) is 36.4. The Kier molecular flexibility index (Phi) is 11.3. The molecular formula is C47H42GeIrN2-2. The second-order valence-electron chi connectivity index (χ2n) is 14.4. The fourth-order valence-corrected chi connectivity index (χ4v) is 10.2. The molecule has 0 saturated carbocycles. The Bertz CT molecular complexity index is 2360. The van der Waals surface area contributed by atoms with Gasteiger partial charge in [0.1, 0.15) is 0 Å². The molecule has 0 aliphatic heterocycles. The number of aromatic nitrogens is 2. The molecule has 0 aliphatic carbocycles. The molecule has 2 heterocycles. The van der Waals surface area contributed by atoms with E-state index in [1.165, 1.54) is 53.4 Å². The summed E-state index contributed by atoms with van der Waals surface area (Å²) in [6.07, 6.45) is 5.06. The second-order valence-corrected chi connectivity index (χ2v) is 25.0. The first-order valence-corrected chi connectivity index (χ1v) is 24.8. The minimum Gasteiger partial charge on any atom is -0.305 e. The van der Waals surface area contributed by atoms with Crippen molar-refractivity contribution in [1.82, 2.24) is 9.97 Å². The van der Waals surface area contributed by atoms with Gasteiger partial charge < -0.3 is 4.98 Å². The number of pyridine rings is 2. The van der Waals surface area contributed by atoms with Crippen LogP contribution < -0.4 is 4.40 Å². The van der Waals surface area contributed by atoms with E-state index in [2.05, 4.69) is 145 Å². The maximum Gasteiger partial charge on any atom is 0.0160 e. The summed E-state index contributed by atoms with van der Waals surface area (Å²) < 4.78 is 1.52. The summed E-state index contributed by atoms with van der Waals surface area (Å²) in [5.74, 6) is 8.00. The van der Waals surface area contributed by atoms with E-state index in [9.17, 15) is 0 Å². The van der Waals surface area contributed by atoms with E-state index in [1.807, 2.05) is 42.5 Å². The number of benzene rings is 6. The average Bonchev–Trinajstić information content (AvgIpc) is 3.15. The van der Waals surface area contributed by atoms with Crippen LogP contribution in [0.5, 0.6) is 0 Å². The van der Waals surface area contributed by atoms with E-state index < -0.39 is 13.3 Å². The largest absolute Gasteiger partial charge is 0.305 e. The Morgan fingerprint density at radius 3 is 1.94 bits per heavy atom. The summed E-state index contributed by atoms with van der Waals surface area (Å²) in [6.45, 7) is 4.62. The van der Waals surface area contributed by atoms with Gasteiger partial charge >= 0.3 is 199 Å². The Morgan fingerprint density at radius 2 is 1.25 bits per heavy atom. The van der Waals surface area contributed by atoms with Crippen molar-refractivity contribution < 1.29 is 20.1 Å². The average molecular weight is 900 g/mol. The van der Waals surface area contributed by atoms with Crippen LogP contribution >= 0.6 is 0 Å². The summed E-state index contributed by atoms with van der Waals surface area (Å²) in [4.78, 5) is 9.22. The van der Waals surface area contributed by atoms with Crippen LogP contribution in [0, 0.1) is 18.1 Å². The van der Waals surface area contributed by atoms with Crippen LogP contribution in [0.1, 0.15) is 19.4 Å². The van der Waals surface area contributed by atoms with E-state index in [0.29, 0.717) is 5.92 Å². The molecule has 0 fully saturated rings. The third-order valence-corrected chi connectivity index (χ3v) is 13.6. The maximum atomic E-state index is 5.00. The smallest absolute Gasteiger partial charge is 0.0160 e. The molecule has 8 aromatic rings. The van der Waals surface area contributed by atoms with E-state index in [0.717, 1.165) is 28.9 Å². The zero-order chi connectivity index (χ0) is 34.7. The molecule has 255 valence electrons. The summed E-state index contributed by atoms with van der Waals surface area (Å²) in [6, 6.07) is 53.6. The van der Waals surface area contributed by atoms with Crippen LogP contribution in [0.2, 0.25) is 17.3 Å². The molecule has 1 radical (unpaired) electrons. The summed E-state index contributed by atoms with van der Waals surface area (Å²) >= 11 is -2.03. The van der Waals surface area contributed by atoms with Crippen LogP contribution in [-0.4, -0.2) is 23.2 Å². The van der Waals surface area contributed by atoms with Gasteiger partial charge in [-0.15, -0.1) is 35.9 Å². The normalized spacial score (nSPS) is 11.3. The zero-order valence-electron chi connectivity index (χ0n) is 29.9. The fourth-order valence-electron chi connectivity index (χ4n) is 6.85. The number of fused-ring (bicyclic) bond motifs is 6. The SMILES string of the molecule is CC(C)Cc1cc(-c2[c-]cc3c4ccccc4c4cc(-c5ccccc5)ccc4c3c2)nc[c]1[Ge]([CH3])([CH3])[CH3].[Ir].[c-]1ccccc1-c1ccccn1. The van der Waals surface area contributed by atoms with E-state index in [4.69, 9.17) is 4.98 Å². The summed E-state index contributed by atoms with van der Waals surface area (Å²) in [5, 5.41) is 7.62. The summed E-state index contributed by atoms with van der Waals surface area (Å²) in [7, 11) is 0. The Morgan fingerprint density at radius 1 is 0.569 bits per heavy atom. The number of rotatable bonds is 6. The molecule has 0 spiro atoms. The standard InChI is InChI=1S/C36H34GeN.C11H8N.Ir/c1-24(2)19-28-22-36(38-23-35(28)37(3,4)5)27-16-18-31-29-13-9-10-14-30(29)33-20-26(25-11-7-6-8-12-25)15-17-32(33)34(31)21-27;1-2-6-10(7-3-1)11-8-4-5-9-12-11;/h6-15,17-18,20-24H,19H2,1-5H3;1-6,8-9H;/q2*-1;. The van der Waals surface area contributed by atoms with Crippen LogP contribution in [0.4, 0.5) is 0 Å². The zero-order valence-corrected chi connectivity index (χ0v) is 34.4. The first-order chi connectivity index (χ1) is 24.3. The number of hydrogen-bond acceptors (Lipinski definition) is 2. The van der Waals surface area contributed by atoms with Crippen LogP contribution in [-0.2, 0) is 26.5 Å². The van der Waals surface area contributed by atoms with Gasteiger partial charge in [-0.1, -0.05) is 42.5 Å². The molecule has 6 aromatic carbocycles. The number of hydrogen-bond donors (Lipinski definition) is 0. The minimum absolute atomic E-state index is 0. The topological polar surface area (TPSA) is 25.8 Å². The van der Waals surface area contributed by atoms with E-state index >= 15 is 0 Å². The second kappa shape index (κ2) is 15.9. The predicted octanol–water partition coefficient (Wildman–Crippen LogP) is 12.0. The minimum atomic E-state index is -2.03. The fraction of sp³-hybridized carbons (Fsp3) is 0.149. The monoisotopic (exact) mass is 901 g/mol. The van der Waals surface area contributed by atoms with Crippen LogP contribution in [0.25, 0.3) is 66.0 Å². The van der Waals surface area contributed by atoms with Crippen molar-refractivity contribution in [2.75, 3.05) is 0 Å². The van der Waals surface area contributed by atoms with Gasteiger partial charge in [0.25, 0.3) is 0 Å². The van der Waals surface area contributed by atoms with Gasteiger partial charge in [0, 0.05) is 26.3 Å². The molecule has 4 heteroatoms. The van der Waals surface area contributed by atoms with Gasteiger partial charge in [0.15, 0.2) is 0 Å². The van der Waals surface area contributed by atoms with Crippen molar-refractivity contribution in [3.05, 3.63) is 164 Å². The van der Waals surface area contributed by atoms with Gasteiger partial charge in [0.2, 0.25) is 0 Å². The maximum absolute atomic E-state index is 5.00. The van der Waals surface area contributed by atoms with Gasteiger partial charge in [-0.25, -0.2) is 0 Å². The van der Waals surface area contributed by atoms with E-state index in [1.54, 1.807) is 6.20 Å². The van der Waals surface area contributed by atoms with Gasteiger partial charge in [-0.3, -0.25) is 0 Å². The molecule has 51 heavy (non-hydrogen) atoms. The van der Waals surface area contributed by atoms with Gasteiger partial charge in [-0.2, -0.15) is 0 Å². The van der Waals surface area contributed by atoms with Crippen molar-refractivity contribution in [2.45, 2.75) is 37.5 Å². The molecule has 8 rings (SSSR count).